The number of aryl methyl sites for hydroxylation is 2. The molecule has 2 amide bonds. The number of anilines is 2. The van der Waals surface area contributed by atoms with Crippen LogP contribution in [0.15, 0.2) is 41.3 Å². The Labute approximate surface area is 294 Å². The zero-order chi connectivity index (χ0) is 34.9. The zero-order valence-corrected chi connectivity index (χ0v) is 29.7. The summed E-state index contributed by atoms with van der Waals surface area (Å²) in [4.78, 5) is 51.3. The second kappa shape index (κ2) is 12.1. The third kappa shape index (κ3) is 5.00. The van der Waals surface area contributed by atoms with Crippen LogP contribution in [0.5, 0.6) is 0 Å². The lowest BCUT2D eigenvalue weighted by Gasteiger charge is -2.91. The lowest BCUT2D eigenvalue weighted by atomic mass is 9.13. The number of aromatic amines is 1. The smallest absolute Gasteiger partial charge is 0.253 e. The van der Waals surface area contributed by atoms with Crippen LogP contribution >= 0.6 is 0 Å². The SMILES string of the molecule is Cc1cc(C)c(CNC(=O)c2cc(-c3ccc(N4CCN(C(=O)CCC56CC7CC8CC(C5)C876)CC4)nc3)cc(NC(C)C)c2C=N)c(=O)[nH]1. The average Bonchev–Trinajstić information content (AvgIpc) is 3.05. The summed E-state index contributed by atoms with van der Waals surface area (Å²) in [5, 5.41) is 14.5. The summed E-state index contributed by atoms with van der Waals surface area (Å²) in [7, 11) is 0. The Morgan fingerprint density at radius 2 is 1.78 bits per heavy atom. The molecule has 0 bridgehead atoms. The number of pyridine rings is 2. The van der Waals surface area contributed by atoms with Gasteiger partial charge in [0.25, 0.3) is 11.5 Å². The molecule has 10 nitrogen and oxygen atoms in total. The fraction of sp³-hybridized carbons (Fsp3) is 0.525. The first-order chi connectivity index (χ1) is 24.0. The molecular formula is C40H49N7O3. The molecule has 1 saturated heterocycles. The minimum absolute atomic E-state index is 0.0761. The number of nitrogens with zero attached hydrogens (tertiary/aromatic N) is 3. The van der Waals surface area contributed by atoms with E-state index < -0.39 is 0 Å². The first-order valence-electron chi connectivity index (χ1n) is 18.4. The maximum atomic E-state index is 13.6. The summed E-state index contributed by atoms with van der Waals surface area (Å²) in [5.74, 6) is 3.80. The Balaban J connectivity index is 0.925. The normalized spacial score (nSPS) is 27.2. The van der Waals surface area contributed by atoms with Crippen molar-refractivity contribution in [2.24, 2.45) is 28.6 Å². The summed E-state index contributed by atoms with van der Waals surface area (Å²) >= 11 is 0. The van der Waals surface area contributed by atoms with E-state index >= 15 is 0 Å². The van der Waals surface area contributed by atoms with Gasteiger partial charge in [0.1, 0.15) is 5.82 Å². The van der Waals surface area contributed by atoms with E-state index in [4.69, 9.17) is 10.4 Å². The Bertz CT molecular complexity index is 1900. The molecule has 3 aromatic rings. The van der Waals surface area contributed by atoms with Gasteiger partial charge in [-0.05, 0) is 130 Å². The van der Waals surface area contributed by atoms with Crippen LogP contribution in [0, 0.1) is 47.8 Å². The van der Waals surface area contributed by atoms with Gasteiger partial charge < -0.3 is 30.8 Å². The molecular weight excluding hydrogens is 626 g/mol. The van der Waals surface area contributed by atoms with E-state index in [1.165, 1.54) is 31.9 Å². The molecule has 2 unspecified atom stereocenters. The number of aromatic nitrogens is 2. The number of hydrogen-bond acceptors (Lipinski definition) is 7. The molecule has 8 rings (SSSR count). The maximum absolute atomic E-state index is 13.6. The molecule has 0 radical (unpaired) electrons. The molecule has 4 saturated carbocycles. The number of carbonyl (C=O) groups excluding carboxylic acids is 2. The number of piperazine rings is 1. The van der Waals surface area contributed by atoms with Crippen LogP contribution in [-0.2, 0) is 11.3 Å². The van der Waals surface area contributed by atoms with E-state index in [0.29, 0.717) is 45.5 Å². The molecule has 2 aromatic heterocycles. The Hall–Kier alpha value is -4.47. The van der Waals surface area contributed by atoms with Gasteiger partial charge in [-0.3, -0.25) is 14.4 Å². The summed E-state index contributed by atoms with van der Waals surface area (Å²) < 4.78 is 0. The van der Waals surface area contributed by atoms with Gasteiger partial charge in [0, 0.05) is 85.7 Å². The fourth-order valence-electron chi connectivity index (χ4n) is 11.0. The van der Waals surface area contributed by atoms with Gasteiger partial charge in [0.05, 0.1) is 5.56 Å². The lowest BCUT2D eigenvalue weighted by Crippen LogP contribution is -2.85. The second-order valence-corrected chi connectivity index (χ2v) is 16.0. The summed E-state index contributed by atoms with van der Waals surface area (Å²) in [6, 6.07) is 9.72. The van der Waals surface area contributed by atoms with E-state index in [0.717, 1.165) is 78.6 Å². The average molecular weight is 676 g/mol. The number of nitrogens with one attached hydrogen (secondary N) is 4. The molecule has 3 heterocycles. The van der Waals surface area contributed by atoms with Gasteiger partial charge >= 0.3 is 0 Å². The van der Waals surface area contributed by atoms with Crippen molar-refractivity contribution in [3.63, 3.8) is 0 Å². The van der Waals surface area contributed by atoms with Crippen molar-refractivity contribution in [3.8, 4) is 11.1 Å². The molecule has 2 atom stereocenters. The van der Waals surface area contributed by atoms with Crippen LogP contribution in [0.3, 0.4) is 0 Å². The Morgan fingerprint density at radius 1 is 1.04 bits per heavy atom. The first kappa shape index (κ1) is 32.7. The quantitative estimate of drug-likeness (QED) is 0.194. The van der Waals surface area contributed by atoms with Crippen LogP contribution in [0.4, 0.5) is 11.5 Å². The van der Waals surface area contributed by atoms with Crippen LogP contribution in [-0.4, -0.2) is 65.1 Å². The molecule has 4 N–H and O–H groups in total. The van der Waals surface area contributed by atoms with Crippen molar-refractivity contribution in [2.45, 2.75) is 78.8 Å². The van der Waals surface area contributed by atoms with Gasteiger partial charge in [-0.25, -0.2) is 4.98 Å². The highest BCUT2D eigenvalue weighted by Crippen LogP contribution is 2.93. The number of rotatable bonds is 11. The highest BCUT2D eigenvalue weighted by molar-refractivity contribution is 6.06. The predicted molar refractivity (Wildman–Crippen MR) is 196 cm³/mol. The van der Waals surface area contributed by atoms with Crippen molar-refractivity contribution < 1.29 is 9.59 Å². The van der Waals surface area contributed by atoms with E-state index in [-0.39, 0.29) is 24.1 Å². The van der Waals surface area contributed by atoms with Crippen molar-refractivity contribution in [3.05, 3.63) is 74.8 Å². The van der Waals surface area contributed by atoms with Gasteiger partial charge in [-0.15, -0.1) is 0 Å². The van der Waals surface area contributed by atoms with Crippen LogP contribution in [0.25, 0.3) is 11.1 Å². The van der Waals surface area contributed by atoms with Gasteiger partial charge in [0.2, 0.25) is 5.91 Å². The van der Waals surface area contributed by atoms with E-state index in [1.807, 2.05) is 58.2 Å². The zero-order valence-electron chi connectivity index (χ0n) is 29.7. The minimum atomic E-state index is -0.364. The van der Waals surface area contributed by atoms with Gasteiger partial charge in [-0.2, -0.15) is 0 Å². The van der Waals surface area contributed by atoms with Crippen molar-refractivity contribution in [1.82, 2.24) is 20.2 Å². The topological polar surface area (TPSA) is 134 Å². The molecule has 262 valence electrons. The minimum Gasteiger partial charge on any atom is -0.382 e. The highest BCUT2D eigenvalue weighted by atomic mass is 16.2. The molecule has 5 fully saturated rings. The van der Waals surface area contributed by atoms with E-state index in [1.54, 1.807) is 6.07 Å². The maximum Gasteiger partial charge on any atom is 0.253 e. The summed E-state index contributed by atoms with van der Waals surface area (Å²) in [6.07, 6.45) is 10.5. The van der Waals surface area contributed by atoms with Gasteiger partial charge in [-0.1, -0.05) is 0 Å². The number of carbonyl (C=O) groups is 2. The standard InChI is InChI=1S/C40H49N7O3/c1-23(2)44-34-15-27(14-31(32(34)20-41)37(49)43-22-33-24(3)13-25(4)45-38(33)50)26-5-6-35(42-21-26)46-9-11-47(12-10-46)36(48)7-8-39-18-29-16-28-17-30(19-39)40(28,29)39/h5-6,13-15,20-21,23,28-30,41,44H,7-12,16-19,22H2,1-4H3,(H,43,49)(H,45,50). The van der Waals surface area contributed by atoms with E-state index in [2.05, 4.69) is 25.4 Å². The number of amides is 2. The number of benzene rings is 1. The van der Waals surface area contributed by atoms with Crippen molar-refractivity contribution >= 4 is 29.5 Å². The van der Waals surface area contributed by atoms with Gasteiger partial charge in [0.15, 0.2) is 0 Å². The number of H-pyrrole nitrogens is 1. The predicted octanol–water partition coefficient (Wildman–Crippen LogP) is 5.67. The van der Waals surface area contributed by atoms with Crippen LogP contribution < -0.4 is 21.1 Å². The third-order valence-electron chi connectivity index (χ3n) is 13.1. The molecule has 1 aliphatic heterocycles. The lowest BCUT2D eigenvalue weighted by molar-refractivity contribution is -0.433. The largest absolute Gasteiger partial charge is 0.382 e. The van der Waals surface area contributed by atoms with E-state index in [9.17, 15) is 14.4 Å². The molecule has 50 heavy (non-hydrogen) atoms. The summed E-state index contributed by atoms with van der Waals surface area (Å²) in [6.45, 7) is 10.7. The van der Waals surface area contributed by atoms with Crippen LogP contribution in [0.1, 0.15) is 85.1 Å². The monoisotopic (exact) mass is 675 g/mol. The third-order valence-corrected chi connectivity index (χ3v) is 13.1. The highest BCUT2D eigenvalue weighted by Gasteiger charge is 2.86. The molecule has 1 aromatic carbocycles. The second-order valence-electron chi connectivity index (χ2n) is 16.0. The van der Waals surface area contributed by atoms with Crippen molar-refractivity contribution in [2.75, 3.05) is 36.4 Å². The van der Waals surface area contributed by atoms with Crippen molar-refractivity contribution in [1.29, 1.82) is 5.41 Å². The first-order valence-corrected chi connectivity index (χ1v) is 18.4. The molecule has 4 aliphatic carbocycles. The summed E-state index contributed by atoms with van der Waals surface area (Å²) in [5.41, 5.74) is 6.23. The molecule has 10 heteroatoms. The van der Waals surface area contributed by atoms with Crippen LogP contribution in [0.2, 0.25) is 0 Å². The fourth-order valence-corrected chi connectivity index (χ4v) is 11.0. The Morgan fingerprint density at radius 3 is 2.38 bits per heavy atom. The molecule has 1 spiro atoms. The Kier molecular flexibility index (Phi) is 7.91. The number of hydrogen-bond donors (Lipinski definition) is 4. The molecule has 5 aliphatic rings.